The Morgan fingerprint density at radius 2 is 1.81 bits per heavy atom. The number of rotatable bonds is 5. The summed E-state index contributed by atoms with van der Waals surface area (Å²) in [6, 6.07) is 17.2. The predicted molar refractivity (Wildman–Crippen MR) is 102 cm³/mol. The number of hydrogen-bond donors (Lipinski definition) is 1. The number of amides is 1. The molecule has 6 nitrogen and oxygen atoms in total. The fraction of sp³-hybridized carbons (Fsp3) is 0.300. The molecule has 1 saturated heterocycles. The third-order valence-electron chi connectivity index (χ3n) is 4.70. The van der Waals surface area contributed by atoms with E-state index >= 15 is 0 Å². The molecule has 140 valence electrons. The lowest BCUT2D eigenvalue weighted by Gasteiger charge is -2.31. The third-order valence-corrected chi connectivity index (χ3v) is 6.62. The molecule has 0 radical (unpaired) electrons. The van der Waals surface area contributed by atoms with Crippen LogP contribution < -0.4 is 5.32 Å². The third kappa shape index (κ3) is 4.73. The summed E-state index contributed by atoms with van der Waals surface area (Å²) >= 11 is 0. The van der Waals surface area contributed by atoms with Crippen molar-refractivity contribution in [1.29, 1.82) is 5.26 Å². The zero-order valence-electron chi connectivity index (χ0n) is 14.8. The van der Waals surface area contributed by atoms with Crippen molar-refractivity contribution in [3.05, 3.63) is 60.2 Å². The number of carbonyl (C=O) groups excluding carboxylic acids is 1. The number of benzene rings is 2. The molecule has 0 bridgehead atoms. The minimum atomic E-state index is -3.47. The lowest BCUT2D eigenvalue weighted by atomic mass is 9.94. The first-order valence-corrected chi connectivity index (χ1v) is 10.3. The zero-order chi connectivity index (χ0) is 19.3. The standard InChI is InChI=1S/C20H21N3O3S/c21-15-17-5-4-6-18(13-17)22-20(24)14-16-9-11-23(12-10-16)27(25,26)19-7-2-1-3-8-19/h1-8,13,16H,9-12,14H2,(H,22,24). The molecule has 1 fully saturated rings. The van der Waals surface area contributed by atoms with Gasteiger partial charge in [-0.2, -0.15) is 9.57 Å². The molecule has 1 aliphatic heterocycles. The van der Waals surface area contributed by atoms with Crippen molar-refractivity contribution in [2.75, 3.05) is 18.4 Å². The highest BCUT2D eigenvalue weighted by atomic mass is 32.2. The highest BCUT2D eigenvalue weighted by Crippen LogP contribution is 2.26. The van der Waals surface area contributed by atoms with Crippen molar-refractivity contribution >= 4 is 21.6 Å². The summed E-state index contributed by atoms with van der Waals surface area (Å²) in [4.78, 5) is 12.6. The van der Waals surface area contributed by atoms with E-state index in [9.17, 15) is 13.2 Å². The average Bonchev–Trinajstić information content (AvgIpc) is 2.69. The van der Waals surface area contributed by atoms with Gasteiger partial charge < -0.3 is 5.32 Å². The van der Waals surface area contributed by atoms with Crippen LogP contribution >= 0.6 is 0 Å². The van der Waals surface area contributed by atoms with E-state index in [4.69, 9.17) is 5.26 Å². The smallest absolute Gasteiger partial charge is 0.243 e. The van der Waals surface area contributed by atoms with E-state index in [0.717, 1.165) is 0 Å². The SMILES string of the molecule is N#Cc1cccc(NC(=O)CC2CCN(S(=O)(=O)c3ccccc3)CC2)c1. The molecule has 3 rings (SSSR count). The highest BCUT2D eigenvalue weighted by Gasteiger charge is 2.30. The molecule has 0 spiro atoms. The second-order valence-electron chi connectivity index (χ2n) is 6.61. The first-order valence-electron chi connectivity index (χ1n) is 8.84. The van der Waals surface area contributed by atoms with Gasteiger partial charge in [-0.05, 0) is 49.1 Å². The minimum Gasteiger partial charge on any atom is -0.326 e. The van der Waals surface area contributed by atoms with Crippen LogP contribution in [0.1, 0.15) is 24.8 Å². The van der Waals surface area contributed by atoms with Crippen LogP contribution in [0, 0.1) is 17.2 Å². The second kappa shape index (κ2) is 8.33. The van der Waals surface area contributed by atoms with Crippen molar-refractivity contribution in [1.82, 2.24) is 4.31 Å². The van der Waals surface area contributed by atoms with Gasteiger partial charge in [0.05, 0.1) is 16.5 Å². The molecule has 1 aliphatic rings. The topological polar surface area (TPSA) is 90.3 Å². The molecule has 7 heteroatoms. The molecule has 1 N–H and O–H groups in total. The molecule has 0 saturated carbocycles. The van der Waals surface area contributed by atoms with Gasteiger partial charge in [0, 0.05) is 25.2 Å². The van der Waals surface area contributed by atoms with Gasteiger partial charge in [-0.25, -0.2) is 8.42 Å². The quantitative estimate of drug-likeness (QED) is 0.859. The van der Waals surface area contributed by atoms with Gasteiger partial charge in [-0.3, -0.25) is 4.79 Å². The molecular formula is C20H21N3O3S. The molecule has 2 aromatic carbocycles. The van der Waals surface area contributed by atoms with Crippen LogP contribution in [0.25, 0.3) is 0 Å². The number of piperidine rings is 1. The van der Waals surface area contributed by atoms with E-state index in [1.807, 2.05) is 6.07 Å². The Kier molecular flexibility index (Phi) is 5.89. The number of hydrogen-bond acceptors (Lipinski definition) is 4. The van der Waals surface area contributed by atoms with Gasteiger partial charge in [0.15, 0.2) is 0 Å². The maximum atomic E-state index is 12.6. The molecule has 1 heterocycles. The summed E-state index contributed by atoms with van der Waals surface area (Å²) in [6.07, 6.45) is 1.64. The molecule has 0 aromatic heterocycles. The van der Waals surface area contributed by atoms with Crippen LogP contribution in [0.3, 0.4) is 0 Å². The minimum absolute atomic E-state index is 0.116. The predicted octanol–water partition coefficient (Wildman–Crippen LogP) is 2.99. The number of carbonyl (C=O) groups is 1. The summed E-state index contributed by atoms with van der Waals surface area (Å²) in [5.74, 6) is 0.0285. The van der Waals surface area contributed by atoms with E-state index < -0.39 is 10.0 Å². The van der Waals surface area contributed by atoms with Crippen LogP contribution in [-0.2, 0) is 14.8 Å². The van der Waals surface area contributed by atoms with E-state index in [1.165, 1.54) is 4.31 Å². The van der Waals surface area contributed by atoms with Gasteiger partial charge in [0.2, 0.25) is 15.9 Å². The first kappa shape index (κ1) is 19.1. The Hall–Kier alpha value is -2.69. The molecule has 0 aliphatic carbocycles. The van der Waals surface area contributed by atoms with E-state index in [-0.39, 0.29) is 11.8 Å². The number of nitrogens with zero attached hydrogens (tertiary/aromatic N) is 2. The Balaban J connectivity index is 1.53. The van der Waals surface area contributed by atoms with Crippen LogP contribution in [0.2, 0.25) is 0 Å². The summed E-state index contributed by atoms with van der Waals surface area (Å²) in [5, 5.41) is 11.7. The zero-order valence-corrected chi connectivity index (χ0v) is 15.7. The fourth-order valence-electron chi connectivity index (χ4n) is 3.24. The Labute approximate surface area is 159 Å². The lowest BCUT2D eigenvalue weighted by molar-refractivity contribution is -0.117. The number of nitrogens with one attached hydrogen (secondary N) is 1. The van der Waals surface area contributed by atoms with E-state index in [1.54, 1.807) is 54.6 Å². The number of anilines is 1. The van der Waals surface area contributed by atoms with Crippen molar-refractivity contribution in [2.24, 2.45) is 5.92 Å². The number of nitriles is 1. The van der Waals surface area contributed by atoms with Gasteiger partial charge in [0.1, 0.15) is 0 Å². The monoisotopic (exact) mass is 383 g/mol. The van der Waals surface area contributed by atoms with Crippen molar-refractivity contribution in [3.63, 3.8) is 0 Å². The Morgan fingerprint density at radius 1 is 1.11 bits per heavy atom. The molecule has 27 heavy (non-hydrogen) atoms. The second-order valence-corrected chi connectivity index (χ2v) is 8.54. The maximum absolute atomic E-state index is 12.6. The molecule has 2 aromatic rings. The summed E-state index contributed by atoms with van der Waals surface area (Å²) in [7, 11) is -3.47. The van der Waals surface area contributed by atoms with E-state index in [0.29, 0.717) is 48.5 Å². The van der Waals surface area contributed by atoms with Crippen molar-refractivity contribution < 1.29 is 13.2 Å². The molecule has 1 amide bonds. The summed E-state index contributed by atoms with van der Waals surface area (Å²) in [5.41, 5.74) is 1.09. The van der Waals surface area contributed by atoms with Gasteiger partial charge in [-0.1, -0.05) is 24.3 Å². The maximum Gasteiger partial charge on any atom is 0.243 e. The van der Waals surface area contributed by atoms with Crippen LogP contribution in [0.4, 0.5) is 5.69 Å². The Morgan fingerprint density at radius 3 is 2.48 bits per heavy atom. The first-order chi connectivity index (χ1) is 13.0. The average molecular weight is 383 g/mol. The molecule has 0 unspecified atom stereocenters. The summed E-state index contributed by atoms with van der Waals surface area (Å²) in [6.45, 7) is 0.832. The van der Waals surface area contributed by atoms with Gasteiger partial charge in [0.25, 0.3) is 0 Å². The molecular weight excluding hydrogens is 362 g/mol. The number of sulfonamides is 1. The van der Waals surface area contributed by atoms with Crippen molar-refractivity contribution in [2.45, 2.75) is 24.2 Å². The van der Waals surface area contributed by atoms with E-state index in [2.05, 4.69) is 5.32 Å². The van der Waals surface area contributed by atoms with Gasteiger partial charge in [-0.15, -0.1) is 0 Å². The van der Waals surface area contributed by atoms with Crippen LogP contribution in [0.5, 0.6) is 0 Å². The fourth-order valence-corrected chi connectivity index (χ4v) is 4.73. The van der Waals surface area contributed by atoms with Crippen LogP contribution in [0.15, 0.2) is 59.5 Å². The summed E-state index contributed by atoms with van der Waals surface area (Å²) < 4.78 is 26.8. The largest absolute Gasteiger partial charge is 0.326 e. The lowest BCUT2D eigenvalue weighted by Crippen LogP contribution is -2.39. The van der Waals surface area contributed by atoms with Crippen LogP contribution in [-0.4, -0.2) is 31.7 Å². The molecule has 0 atom stereocenters. The highest BCUT2D eigenvalue weighted by molar-refractivity contribution is 7.89. The van der Waals surface area contributed by atoms with Gasteiger partial charge >= 0.3 is 0 Å². The van der Waals surface area contributed by atoms with Crippen molar-refractivity contribution in [3.8, 4) is 6.07 Å². The normalized spacial score (nSPS) is 15.8. The Bertz CT molecular complexity index is 944.